The van der Waals surface area contributed by atoms with Crippen LogP contribution in [0.3, 0.4) is 0 Å². The molecule has 124 valence electrons. The minimum atomic E-state index is -0.320. The monoisotopic (exact) mass is 315 g/mol. The van der Waals surface area contributed by atoms with E-state index in [0.29, 0.717) is 6.54 Å². The van der Waals surface area contributed by atoms with Crippen molar-refractivity contribution in [1.82, 2.24) is 14.4 Å². The van der Waals surface area contributed by atoms with E-state index in [-0.39, 0.29) is 12.0 Å². The number of para-hydroxylation sites is 1. The second kappa shape index (κ2) is 6.72. The number of amides is 1. The van der Waals surface area contributed by atoms with Crippen LogP contribution in [0.15, 0.2) is 30.3 Å². The number of aryl methyl sites for hydroxylation is 1. The average molecular weight is 315 g/mol. The molecule has 1 aliphatic heterocycles. The van der Waals surface area contributed by atoms with Gasteiger partial charge < -0.3 is 14.6 Å². The van der Waals surface area contributed by atoms with Gasteiger partial charge in [-0.3, -0.25) is 9.69 Å². The predicted octanol–water partition coefficient (Wildman–Crippen LogP) is 1.80. The third-order valence-corrected chi connectivity index (χ3v) is 4.53. The molecule has 0 spiro atoms. The first kappa shape index (κ1) is 16.0. The quantitative estimate of drug-likeness (QED) is 0.936. The normalized spacial score (nSPS) is 17.6. The number of benzene rings is 1. The molecular weight excluding hydrogens is 290 g/mol. The SMILES string of the molecule is CCn1c(C(=O)N2CCN(C[C@H](C)O)CC2)cc2ccccc21. The molecular formula is C18H25N3O2. The summed E-state index contributed by atoms with van der Waals surface area (Å²) < 4.78 is 2.10. The first-order valence-corrected chi connectivity index (χ1v) is 8.38. The van der Waals surface area contributed by atoms with Gasteiger partial charge in [-0.1, -0.05) is 18.2 Å². The van der Waals surface area contributed by atoms with Gasteiger partial charge in [-0.2, -0.15) is 0 Å². The Morgan fingerprint density at radius 1 is 1.22 bits per heavy atom. The van der Waals surface area contributed by atoms with Crippen molar-refractivity contribution in [2.24, 2.45) is 0 Å². The zero-order valence-electron chi connectivity index (χ0n) is 13.9. The number of hydrogen-bond donors (Lipinski definition) is 1. The molecule has 1 N–H and O–H groups in total. The molecule has 2 aromatic rings. The van der Waals surface area contributed by atoms with Gasteiger partial charge in [-0.05, 0) is 26.0 Å². The summed E-state index contributed by atoms with van der Waals surface area (Å²) in [5.74, 6) is 0.111. The summed E-state index contributed by atoms with van der Waals surface area (Å²) >= 11 is 0. The summed E-state index contributed by atoms with van der Waals surface area (Å²) in [5, 5.41) is 10.6. The molecule has 0 saturated carbocycles. The highest BCUT2D eigenvalue weighted by molar-refractivity contribution is 5.98. The maximum atomic E-state index is 12.9. The van der Waals surface area contributed by atoms with E-state index in [1.165, 1.54) is 0 Å². The Morgan fingerprint density at radius 3 is 2.57 bits per heavy atom. The lowest BCUT2D eigenvalue weighted by molar-refractivity contribution is 0.0546. The lowest BCUT2D eigenvalue weighted by Gasteiger charge is -2.35. The van der Waals surface area contributed by atoms with Crippen LogP contribution >= 0.6 is 0 Å². The van der Waals surface area contributed by atoms with Gasteiger partial charge >= 0.3 is 0 Å². The van der Waals surface area contributed by atoms with Crippen LogP contribution in [-0.4, -0.2) is 64.2 Å². The van der Waals surface area contributed by atoms with Crippen molar-refractivity contribution in [2.75, 3.05) is 32.7 Å². The number of piperazine rings is 1. The number of rotatable bonds is 4. The van der Waals surface area contributed by atoms with E-state index in [2.05, 4.69) is 28.5 Å². The summed E-state index contributed by atoms with van der Waals surface area (Å²) in [7, 11) is 0. The van der Waals surface area contributed by atoms with E-state index in [0.717, 1.165) is 49.3 Å². The number of aliphatic hydroxyl groups is 1. The van der Waals surface area contributed by atoms with E-state index < -0.39 is 0 Å². The molecule has 1 saturated heterocycles. The zero-order valence-corrected chi connectivity index (χ0v) is 13.9. The van der Waals surface area contributed by atoms with Crippen LogP contribution in [0.1, 0.15) is 24.3 Å². The molecule has 0 radical (unpaired) electrons. The number of aliphatic hydroxyl groups excluding tert-OH is 1. The molecule has 1 atom stereocenters. The third-order valence-electron chi connectivity index (χ3n) is 4.53. The molecule has 0 unspecified atom stereocenters. The van der Waals surface area contributed by atoms with Crippen molar-refractivity contribution in [3.05, 3.63) is 36.0 Å². The fourth-order valence-electron chi connectivity index (χ4n) is 3.40. The number of hydrogen-bond acceptors (Lipinski definition) is 3. The van der Waals surface area contributed by atoms with Crippen molar-refractivity contribution in [3.8, 4) is 0 Å². The summed E-state index contributed by atoms with van der Waals surface area (Å²) in [4.78, 5) is 17.1. The van der Waals surface area contributed by atoms with Crippen molar-refractivity contribution < 1.29 is 9.90 Å². The number of carbonyl (C=O) groups excluding carboxylic acids is 1. The molecule has 5 heteroatoms. The van der Waals surface area contributed by atoms with Crippen LogP contribution in [0.2, 0.25) is 0 Å². The first-order chi connectivity index (χ1) is 11.1. The molecule has 1 amide bonds. The van der Waals surface area contributed by atoms with E-state index >= 15 is 0 Å². The molecule has 1 aromatic heterocycles. The third kappa shape index (κ3) is 3.26. The molecule has 5 nitrogen and oxygen atoms in total. The zero-order chi connectivity index (χ0) is 16.4. The van der Waals surface area contributed by atoms with Crippen LogP contribution in [0.25, 0.3) is 10.9 Å². The maximum Gasteiger partial charge on any atom is 0.270 e. The predicted molar refractivity (Wildman–Crippen MR) is 91.6 cm³/mol. The second-order valence-electron chi connectivity index (χ2n) is 6.27. The Bertz CT molecular complexity index is 685. The summed E-state index contributed by atoms with van der Waals surface area (Å²) in [6.07, 6.45) is -0.320. The number of β-amino-alcohol motifs (C(OH)–C–C–N with tert-alkyl or cyclic N) is 1. The molecule has 1 aromatic carbocycles. The van der Waals surface area contributed by atoms with Crippen LogP contribution in [-0.2, 0) is 6.54 Å². The average Bonchev–Trinajstić information content (AvgIpc) is 2.93. The van der Waals surface area contributed by atoms with E-state index in [4.69, 9.17) is 0 Å². The van der Waals surface area contributed by atoms with E-state index in [9.17, 15) is 9.90 Å². The fourth-order valence-corrected chi connectivity index (χ4v) is 3.40. The Hall–Kier alpha value is -1.85. The topological polar surface area (TPSA) is 48.7 Å². The molecule has 1 fully saturated rings. The highest BCUT2D eigenvalue weighted by Gasteiger charge is 2.25. The molecule has 0 bridgehead atoms. The number of nitrogens with zero attached hydrogens (tertiary/aromatic N) is 3. The second-order valence-corrected chi connectivity index (χ2v) is 6.27. The van der Waals surface area contributed by atoms with Crippen molar-refractivity contribution in [1.29, 1.82) is 0 Å². The van der Waals surface area contributed by atoms with Gasteiger partial charge in [0, 0.05) is 50.2 Å². The number of aromatic nitrogens is 1. The van der Waals surface area contributed by atoms with E-state index in [1.807, 2.05) is 23.1 Å². The van der Waals surface area contributed by atoms with Crippen LogP contribution < -0.4 is 0 Å². The van der Waals surface area contributed by atoms with Crippen LogP contribution in [0.4, 0.5) is 0 Å². The fraction of sp³-hybridized carbons (Fsp3) is 0.500. The van der Waals surface area contributed by atoms with Gasteiger partial charge in [-0.25, -0.2) is 0 Å². The number of carbonyl (C=O) groups is 1. The van der Waals surface area contributed by atoms with Crippen LogP contribution in [0.5, 0.6) is 0 Å². The van der Waals surface area contributed by atoms with Gasteiger partial charge in [0.25, 0.3) is 5.91 Å². The maximum absolute atomic E-state index is 12.9. The highest BCUT2D eigenvalue weighted by Crippen LogP contribution is 2.21. The van der Waals surface area contributed by atoms with Gasteiger partial charge in [-0.15, -0.1) is 0 Å². The van der Waals surface area contributed by atoms with Gasteiger partial charge in [0.2, 0.25) is 0 Å². The molecule has 1 aliphatic rings. The van der Waals surface area contributed by atoms with E-state index in [1.54, 1.807) is 6.92 Å². The molecule has 3 rings (SSSR count). The minimum absolute atomic E-state index is 0.111. The number of fused-ring (bicyclic) bond motifs is 1. The largest absolute Gasteiger partial charge is 0.392 e. The standard InChI is InChI=1S/C18H25N3O2/c1-3-21-16-7-5-4-6-15(16)12-17(21)18(23)20-10-8-19(9-11-20)13-14(2)22/h4-7,12,14,22H,3,8-11,13H2,1-2H3/t14-/m0/s1. The summed E-state index contributed by atoms with van der Waals surface area (Å²) in [5.41, 5.74) is 1.89. The Kier molecular flexibility index (Phi) is 4.68. The minimum Gasteiger partial charge on any atom is -0.392 e. The highest BCUT2D eigenvalue weighted by atomic mass is 16.3. The lowest BCUT2D eigenvalue weighted by Crippen LogP contribution is -2.50. The van der Waals surface area contributed by atoms with Gasteiger partial charge in [0.1, 0.15) is 5.69 Å². The van der Waals surface area contributed by atoms with Crippen molar-refractivity contribution in [2.45, 2.75) is 26.5 Å². The van der Waals surface area contributed by atoms with Crippen molar-refractivity contribution >= 4 is 16.8 Å². The summed E-state index contributed by atoms with van der Waals surface area (Å²) in [6.45, 7) is 8.43. The molecule has 23 heavy (non-hydrogen) atoms. The van der Waals surface area contributed by atoms with Gasteiger partial charge in [0.15, 0.2) is 0 Å². The Balaban J connectivity index is 1.76. The summed E-state index contributed by atoms with van der Waals surface area (Å²) in [6, 6.07) is 10.1. The molecule has 2 heterocycles. The Labute approximate surface area is 137 Å². The lowest BCUT2D eigenvalue weighted by atomic mass is 10.2. The molecule has 0 aliphatic carbocycles. The smallest absolute Gasteiger partial charge is 0.270 e. The van der Waals surface area contributed by atoms with Gasteiger partial charge in [0.05, 0.1) is 6.10 Å². The first-order valence-electron chi connectivity index (χ1n) is 8.38. The Morgan fingerprint density at radius 2 is 1.91 bits per heavy atom. The van der Waals surface area contributed by atoms with Crippen molar-refractivity contribution in [3.63, 3.8) is 0 Å². The van der Waals surface area contributed by atoms with Crippen LogP contribution in [0, 0.1) is 0 Å².